The van der Waals surface area contributed by atoms with Crippen LogP contribution in [0.1, 0.15) is 12.8 Å². The van der Waals surface area contributed by atoms with Crippen molar-refractivity contribution in [1.82, 2.24) is 5.32 Å². The van der Waals surface area contributed by atoms with Gasteiger partial charge in [0.25, 0.3) is 0 Å². The van der Waals surface area contributed by atoms with Gasteiger partial charge in [0.2, 0.25) is 0 Å². The molecule has 0 aromatic heterocycles. The first-order valence-corrected chi connectivity index (χ1v) is 4.90. The summed E-state index contributed by atoms with van der Waals surface area (Å²) < 4.78 is 10.9. The van der Waals surface area contributed by atoms with Gasteiger partial charge in [0.1, 0.15) is 6.04 Å². The van der Waals surface area contributed by atoms with Gasteiger partial charge in [-0.05, 0) is 0 Å². The number of hydrogen-bond acceptors (Lipinski definition) is 4. The van der Waals surface area contributed by atoms with Crippen molar-refractivity contribution < 1.29 is 19.4 Å². The Balaban J connectivity index is 1.90. The Morgan fingerprint density at radius 2 is 2.14 bits per heavy atom. The molecule has 2 saturated heterocycles. The highest BCUT2D eigenvalue weighted by Gasteiger charge is 2.39. The largest absolute Gasteiger partial charge is 0.480 e. The minimum absolute atomic E-state index is 0.176. The highest BCUT2D eigenvalue weighted by molar-refractivity contribution is 5.73. The second kappa shape index (κ2) is 3.84. The van der Waals surface area contributed by atoms with E-state index in [1.807, 2.05) is 0 Å². The van der Waals surface area contributed by atoms with Crippen molar-refractivity contribution in [3.63, 3.8) is 0 Å². The maximum Gasteiger partial charge on any atom is 0.323 e. The molecule has 2 aliphatic rings. The van der Waals surface area contributed by atoms with Crippen LogP contribution in [0.4, 0.5) is 0 Å². The van der Waals surface area contributed by atoms with Gasteiger partial charge in [-0.15, -0.1) is 0 Å². The summed E-state index contributed by atoms with van der Waals surface area (Å²) >= 11 is 0. The zero-order valence-corrected chi connectivity index (χ0v) is 7.99. The summed E-state index contributed by atoms with van der Waals surface area (Å²) in [5, 5.41) is 11.8. The van der Waals surface area contributed by atoms with Crippen LogP contribution in [0.3, 0.4) is 0 Å². The lowest BCUT2D eigenvalue weighted by atomic mass is 9.92. The summed E-state index contributed by atoms with van der Waals surface area (Å²) in [7, 11) is 0. The summed E-state index contributed by atoms with van der Waals surface area (Å²) in [5.74, 6) is -0.841. The van der Waals surface area contributed by atoms with E-state index in [-0.39, 0.29) is 12.2 Å². The Kier molecular flexibility index (Phi) is 2.71. The van der Waals surface area contributed by atoms with Gasteiger partial charge in [0, 0.05) is 32.6 Å². The second-order valence-electron chi connectivity index (χ2n) is 3.88. The van der Waals surface area contributed by atoms with E-state index in [4.69, 9.17) is 14.6 Å². The Hall–Kier alpha value is -0.650. The number of nitrogens with one attached hydrogen (secondary N) is 1. The number of carbonyl (C=O) groups is 1. The van der Waals surface area contributed by atoms with E-state index in [1.165, 1.54) is 0 Å². The van der Waals surface area contributed by atoms with E-state index >= 15 is 0 Å². The molecule has 0 aromatic carbocycles. The lowest BCUT2D eigenvalue weighted by Crippen LogP contribution is -2.58. The highest BCUT2D eigenvalue weighted by atomic mass is 16.5. The molecular formula is C9H15NO4. The van der Waals surface area contributed by atoms with Crippen LogP contribution in [-0.2, 0) is 14.3 Å². The summed E-state index contributed by atoms with van der Waals surface area (Å²) in [4.78, 5) is 10.7. The van der Waals surface area contributed by atoms with Crippen LogP contribution >= 0.6 is 0 Å². The normalized spacial score (nSPS) is 31.6. The van der Waals surface area contributed by atoms with E-state index in [2.05, 4.69) is 5.32 Å². The summed E-state index contributed by atoms with van der Waals surface area (Å²) in [6, 6.07) is -0.552. The number of aliphatic carboxylic acids is 1. The van der Waals surface area contributed by atoms with Crippen molar-refractivity contribution >= 4 is 5.97 Å². The monoisotopic (exact) mass is 201 g/mol. The lowest BCUT2D eigenvalue weighted by Gasteiger charge is -2.42. The SMILES string of the molecule is O=C(O)C1COC2(CCOCC2)CN1. The molecule has 80 valence electrons. The molecule has 14 heavy (non-hydrogen) atoms. The first-order chi connectivity index (χ1) is 6.72. The minimum atomic E-state index is -0.841. The molecule has 2 aliphatic heterocycles. The average molecular weight is 201 g/mol. The zero-order valence-electron chi connectivity index (χ0n) is 7.99. The van der Waals surface area contributed by atoms with Gasteiger partial charge in [-0.1, -0.05) is 0 Å². The molecule has 0 aromatic rings. The average Bonchev–Trinajstić information content (AvgIpc) is 2.19. The molecule has 0 bridgehead atoms. The van der Waals surface area contributed by atoms with Gasteiger partial charge in [-0.2, -0.15) is 0 Å². The highest BCUT2D eigenvalue weighted by Crippen LogP contribution is 2.27. The molecule has 2 N–H and O–H groups in total. The Morgan fingerprint density at radius 1 is 1.43 bits per heavy atom. The van der Waals surface area contributed by atoms with Crippen LogP contribution in [0.5, 0.6) is 0 Å². The fourth-order valence-corrected chi connectivity index (χ4v) is 1.90. The summed E-state index contributed by atoms with van der Waals surface area (Å²) in [6.07, 6.45) is 1.71. The Bertz CT molecular complexity index is 215. The minimum Gasteiger partial charge on any atom is -0.480 e. The van der Waals surface area contributed by atoms with Gasteiger partial charge in [0.05, 0.1) is 12.2 Å². The van der Waals surface area contributed by atoms with Crippen LogP contribution in [0, 0.1) is 0 Å². The van der Waals surface area contributed by atoms with Gasteiger partial charge in [-0.25, -0.2) is 0 Å². The number of ether oxygens (including phenoxy) is 2. The predicted octanol–water partition coefficient (Wildman–Crippen LogP) is -0.391. The molecule has 2 fully saturated rings. The molecule has 5 nitrogen and oxygen atoms in total. The molecule has 2 heterocycles. The van der Waals surface area contributed by atoms with Crippen LogP contribution < -0.4 is 5.32 Å². The molecule has 5 heteroatoms. The first-order valence-electron chi connectivity index (χ1n) is 4.90. The molecule has 2 rings (SSSR count). The van der Waals surface area contributed by atoms with Crippen LogP contribution in [0.2, 0.25) is 0 Å². The van der Waals surface area contributed by atoms with Crippen molar-refractivity contribution in [3.05, 3.63) is 0 Å². The molecule has 1 spiro atoms. The Morgan fingerprint density at radius 3 is 2.64 bits per heavy atom. The zero-order chi connectivity index (χ0) is 10.0. The van der Waals surface area contributed by atoms with Gasteiger partial charge < -0.3 is 14.6 Å². The Labute approximate surface area is 82.4 Å². The third kappa shape index (κ3) is 1.89. The van der Waals surface area contributed by atoms with Crippen molar-refractivity contribution in [2.75, 3.05) is 26.4 Å². The molecule has 0 aliphatic carbocycles. The molecule has 0 radical (unpaired) electrons. The lowest BCUT2D eigenvalue weighted by molar-refractivity contribution is -0.159. The van der Waals surface area contributed by atoms with Gasteiger partial charge in [0.15, 0.2) is 0 Å². The smallest absolute Gasteiger partial charge is 0.323 e. The summed E-state index contributed by atoms with van der Waals surface area (Å²) in [6.45, 7) is 2.29. The first kappa shape index (κ1) is 9.89. The fourth-order valence-electron chi connectivity index (χ4n) is 1.90. The van der Waals surface area contributed by atoms with E-state index in [0.29, 0.717) is 19.8 Å². The van der Waals surface area contributed by atoms with Crippen LogP contribution in [0.15, 0.2) is 0 Å². The van der Waals surface area contributed by atoms with E-state index in [0.717, 1.165) is 12.8 Å². The van der Waals surface area contributed by atoms with Crippen molar-refractivity contribution in [1.29, 1.82) is 0 Å². The molecule has 0 amide bonds. The van der Waals surface area contributed by atoms with Crippen molar-refractivity contribution in [2.24, 2.45) is 0 Å². The third-order valence-electron chi connectivity index (χ3n) is 2.93. The molecular weight excluding hydrogens is 186 g/mol. The standard InChI is InChI=1S/C9H15NO4/c11-8(12)7-5-14-9(6-10-7)1-3-13-4-2-9/h7,10H,1-6H2,(H,11,12). The van der Waals surface area contributed by atoms with E-state index in [1.54, 1.807) is 0 Å². The number of carboxylic acids is 1. The number of morpholine rings is 1. The molecule has 1 unspecified atom stereocenters. The van der Waals surface area contributed by atoms with Crippen molar-refractivity contribution in [3.8, 4) is 0 Å². The quantitative estimate of drug-likeness (QED) is 0.604. The van der Waals surface area contributed by atoms with Gasteiger partial charge in [-0.3, -0.25) is 10.1 Å². The van der Waals surface area contributed by atoms with Crippen molar-refractivity contribution in [2.45, 2.75) is 24.5 Å². The predicted molar refractivity (Wildman–Crippen MR) is 48.2 cm³/mol. The van der Waals surface area contributed by atoms with Crippen LogP contribution in [-0.4, -0.2) is 49.1 Å². The number of carboxylic acid groups (broad SMARTS) is 1. The topological polar surface area (TPSA) is 67.8 Å². The van der Waals surface area contributed by atoms with Gasteiger partial charge >= 0.3 is 5.97 Å². The maximum atomic E-state index is 10.7. The van der Waals surface area contributed by atoms with Crippen LogP contribution in [0.25, 0.3) is 0 Å². The van der Waals surface area contributed by atoms with E-state index < -0.39 is 12.0 Å². The molecule has 1 atom stereocenters. The number of rotatable bonds is 1. The number of hydrogen-bond donors (Lipinski definition) is 2. The summed E-state index contributed by atoms with van der Waals surface area (Å²) in [5.41, 5.74) is -0.176. The third-order valence-corrected chi connectivity index (χ3v) is 2.93. The second-order valence-corrected chi connectivity index (χ2v) is 3.88. The fraction of sp³-hybridized carbons (Fsp3) is 0.889. The molecule has 0 saturated carbocycles. The van der Waals surface area contributed by atoms with E-state index in [9.17, 15) is 4.79 Å². The maximum absolute atomic E-state index is 10.7.